The molecule has 0 unspecified atom stereocenters. The van der Waals surface area contributed by atoms with Gasteiger partial charge in [0.25, 0.3) is 0 Å². The number of rotatable bonds is 7. The number of benzene rings is 1. The van der Waals surface area contributed by atoms with Gasteiger partial charge in [0.1, 0.15) is 5.82 Å². The third-order valence-corrected chi connectivity index (χ3v) is 3.54. The molecule has 0 fully saturated rings. The average Bonchev–Trinajstić information content (AvgIpc) is 2.48. The molecule has 0 saturated heterocycles. The molecule has 1 aromatic carbocycles. The van der Waals surface area contributed by atoms with Crippen LogP contribution in [-0.4, -0.2) is 51.1 Å². The number of hydrogen-bond acceptors (Lipinski definition) is 3. The van der Waals surface area contributed by atoms with Crippen molar-refractivity contribution >= 4 is 23.2 Å². The van der Waals surface area contributed by atoms with E-state index in [9.17, 15) is 4.39 Å². The minimum absolute atomic E-state index is 0.0740. The fraction of sp³-hybridized carbons (Fsp3) is 0.562. The highest BCUT2D eigenvalue weighted by Crippen LogP contribution is 2.19. The molecule has 0 spiro atoms. The van der Waals surface area contributed by atoms with Crippen molar-refractivity contribution in [2.45, 2.75) is 13.8 Å². The Morgan fingerprint density at radius 1 is 1.39 bits per heavy atom. The van der Waals surface area contributed by atoms with Crippen LogP contribution < -0.4 is 16.4 Å². The molecule has 0 saturated carbocycles. The first-order chi connectivity index (χ1) is 10.7. The third kappa shape index (κ3) is 7.63. The number of anilines is 1. The van der Waals surface area contributed by atoms with Crippen LogP contribution in [0.15, 0.2) is 23.2 Å². The molecule has 130 valence electrons. The molecule has 1 rings (SSSR count). The van der Waals surface area contributed by atoms with Crippen molar-refractivity contribution in [2.24, 2.45) is 16.1 Å². The summed E-state index contributed by atoms with van der Waals surface area (Å²) >= 11 is 5.82. The Morgan fingerprint density at radius 2 is 2.09 bits per heavy atom. The lowest BCUT2D eigenvalue weighted by molar-refractivity contribution is 0.392. The SMILES string of the molecule is CN(C)CCNC(=NCC(C)(C)CN)Nc1ccc(F)c(Cl)c1. The van der Waals surface area contributed by atoms with Gasteiger partial charge in [-0.3, -0.25) is 4.99 Å². The minimum atomic E-state index is -0.444. The average molecular weight is 344 g/mol. The van der Waals surface area contributed by atoms with Crippen LogP contribution in [0.4, 0.5) is 10.1 Å². The predicted octanol–water partition coefficient (Wildman–Crippen LogP) is 2.38. The third-order valence-electron chi connectivity index (χ3n) is 3.25. The molecule has 1 aromatic rings. The minimum Gasteiger partial charge on any atom is -0.355 e. The summed E-state index contributed by atoms with van der Waals surface area (Å²) in [5.74, 6) is 0.177. The van der Waals surface area contributed by atoms with E-state index in [2.05, 4.69) is 34.4 Å². The van der Waals surface area contributed by atoms with Gasteiger partial charge in [-0.1, -0.05) is 25.4 Å². The van der Waals surface area contributed by atoms with E-state index in [1.165, 1.54) is 12.1 Å². The summed E-state index contributed by atoms with van der Waals surface area (Å²) in [6.45, 7) is 6.84. The molecule has 4 N–H and O–H groups in total. The number of nitrogens with one attached hydrogen (secondary N) is 2. The standard InChI is InChI=1S/C16H27ClFN5/c1-16(2,10-19)11-21-15(20-7-8-23(3)4)22-12-5-6-14(18)13(17)9-12/h5-6,9H,7-8,10-11,19H2,1-4H3,(H2,20,21,22). The summed E-state index contributed by atoms with van der Waals surface area (Å²) in [5.41, 5.74) is 6.34. The molecule has 0 atom stereocenters. The van der Waals surface area contributed by atoms with E-state index in [4.69, 9.17) is 17.3 Å². The van der Waals surface area contributed by atoms with Crippen LogP contribution in [0.5, 0.6) is 0 Å². The summed E-state index contributed by atoms with van der Waals surface area (Å²) in [7, 11) is 4.01. The number of likely N-dealkylation sites (N-methyl/N-ethyl adjacent to an activating group) is 1. The highest BCUT2D eigenvalue weighted by molar-refractivity contribution is 6.31. The fourth-order valence-electron chi connectivity index (χ4n) is 1.61. The molecule has 0 heterocycles. The maximum atomic E-state index is 13.3. The lowest BCUT2D eigenvalue weighted by atomic mass is 9.94. The van der Waals surface area contributed by atoms with Crippen LogP contribution in [0, 0.1) is 11.2 Å². The second-order valence-corrected chi connectivity index (χ2v) is 6.92. The van der Waals surface area contributed by atoms with Gasteiger partial charge in [0.2, 0.25) is 0 Å². The second-order valence-electron chi connectivity index (χ2n) is 6.52. The summed E-state index contributed by atoms with van der Waals surface area (Å²) in [4.78, 5) is 6.64. The summed E-state index contributed by atoms with van der Waals surface area (Å²) < 4.78 is 13.3. The zero-order valence-electron chi connectivity index (χ0n) is 14.3. The van der Waals surface area contributed by atoms with Gasteiger partial charge in [-0.15, -0.1) is 0 Å². The Balaban J connectivity index is 2.80. The molecular formula is C16H27ClFN5. The smallest absolute Gasteiger partial charge is 0.195 e. The van der Waals surface area contributed by atoms with Gasteiger partial charge in [0.15, 0.2) is 5.96 Å². The molecule has 0 bridgehead atoms. The normalized spacial score (nSPS) is 12.6. The molecule has 0 aliphatic carbocycles. The first-order valence-electron chi connectivity index (χ1n) is 7.59. The van der Waals surface area contributed by atoms with Gasteiger partial charge in [-0.2, -0.15) is 0 Å². The van der Waals surface area contributed by atoms with Crippen molar-refractivity contribution in [3.63, 3.8) is 0 Å². The molecule has 7 heteroatoms. The number of aliphatic imine (C=N–C) groups is 1. The fourth-order valence-corrected chi connectivity index (χ4v) is 1.79. The van der Waals surface area contributed by atoms with Crippen LogP contribution in [0.1, 0.15) is 13.8 Å². The predicted molar refractivity (Wildman–Crippen MR) is 96.7 cm³/mol. The van der Waals surface area contributed by atoms with Crippen LogP contribution in [0.25, 0.3) is 0 Å². The topological polar surface area (TPSA) is 65.7 Å². The first-order valence-corrected chi connectivity index (χ1v) is 7.96. The number of halogens is 2. The zero-order chi connectivity index (χ0) is 17.5. The number of hydrogen-bond donors (Lipinski definition) is 3. The molecule has 0 amide bonds. The van der Waals surface area contributed by atoms with Crippen molar-refractivity contribution < 1.29 is 4.39 Å². The molecule has 0 aromatic heterocycles. The molecule has 23 heavy (non-hydrogen) atoms. The molecular weight excluding hydrogens is 317 g/mol. The van der Waals surface area contributed by atoms with Crippen molar-refractivity contribution in [3.8, 4) is 0 Å². The van der Waals surface area contributed by atoms with Crippen molar-refractivity contribution in [3.05, 3.63) is 29.0 Å². The van der Waals surface area contributed by atoms with Crippen LogP contribution in [-0.2, 0) is 0 Å². The van der Waals surface area contributed by atoms with E-state index in [0.29, 0.717) is 24.7 Å². The van der Waals surface area contributed by atoms with E-state index in [1.807, 2.05) is 14.1 Å². The summed E-state index contributed by atoms with van der Waals surface area (Å²) in [5, 5.41) is 6.47. The van der Waals surface area contributed by atoms with Crippen LogP contribution >= 0.6 is 11.6 Å². The number of guanidine groups is 1. The maximum absolute atomic E-state index is 13.3. The van der Waals surface area contributed by atoms with Gasteiger partial charge in [0.05, 0.1) is 5.02 Å². The summed E-state index contributed by atoms with van der Waals surface area (Å²) in [6, 6.07) is 4.48. The maximum Gasteiger partial charge on any atom is 0.195 e. The van der Waals surface area contributed by atoms with E-state index in [-0.39, 0.29) is 10.4 Å². The zero-order valence-corrected chi connectivity index (χ0v) is 15.0. The highest BCUT2D eigenvalue weighted by Gasteiger charge is 2.15. The van der Waals surface area contributed by atoms with Crippen molar-refractivity contribution in [1.29, 1.82) is 0 Å². The molecule has 5 nitrogen and oxygen atoms in total. The Kier molecular flexibility index (Phi) is 7.75. The summed E-state index contributed by atoms with van der Waals surface area (Å²) in [6.07, 6.45) is 0. The van der Waals surface area contributed by atoms with E-state index in [1.54, 1.807) is 6.07 Å². The van der Waals surface area contributed by atoms with Gasteiger partial charge in [-0.25, -0.2) is 4.39 Å². The Bertz CT molecular complexity index is 531. The second kappa shape index (κ2) is 9.05. The van der Waals surface area contributed by atoms with Crippen LogP contribution in [0.3, 0.4) is 0 Å². The largest absolute Gasteiger partial charge is 0.355 e. The van der Waals surface area contributed by atoms with Crippen molar-refractivity contribution in [2.75, 3.05) is 45.6 Å². The van der Waals surface area contributed by atoms with Gasteiger partial charge in [-0.05, 0) is 44.3 Å². The monoisotopic (exact) mass is 343 g/mol. The number of nitrogens with zero attached hydrogens (tertiary/aromatic N) is 2. The Labute approximate surface area is 143 Å². The van der Waals surface area contributed by atoms with Crippen molar-refractivity contribution in [1.82, 2.24) is 10.2 Å². The molecule has 0 aliphatic rings. The lowest BCUT2D eigenvalue weighted by Crippen LogP contribution is -2.37. The lowest BCUT2D eigenvalue weighted by Gasteiger charge is -2.21. The van der Waals surface area contributed by atoms with E-state index >= 15 is 0 Å². The van der Waals surface area contributed by atoms with Gasteiger partial charge < -0.3 is 21.3 Å². The highest BCUT2D eigenvalue weighted by atomic mass is 35.5. The van der Waals surface area contributed by atoms with E-state index < -0.39 is 5.82 Å². The molecule has 0 aliphatic heterocycles. The first kappa shape index (κ1) is 19.7. The van der Waals surface area contributed by atoms with Gasteiger partial charge >= 0.3 is 0 Å². The Hall–Kier alpha value is -1.37. The van der Waals surface area contributed by atoms with Gasteiger partial charge in [0, 0.05) is 25.3 Å². The number of nitrogens with two attached hydrogens (primary N) is 1. The quantitative estimate of drug-likeness (QED) is 0.525. The Morgan fingerprint density at radius 3 is 2.65 bits per heavy atom. The van der Waals surface area contributed by atoms with Crippen LogP contribution in [0.2, 0.25) is 5.02 Å². The molecule has 0 radical (unpaired) electrons. The van der Waals surface area contributed by atoms with E-state index in [0.717, 1.165) is 13.1 Å².